The van der Waals surface area contributed by atoms with Crippen LogP contribution in [0.25, 0.3) is 0 Å². The van der Waals surface area contributed by atoms with Crippen LogP contribution >= 0.6 is 0 Å². The van der Waals surface area contributed by atoms with Gasteiger partial charge in [-0.1, -0.05) is 18.2 Å². The van der Waals surface area contributed by atoms with Crippen LogP contribution in [-0.2, 0) is 21.4 Å². The van der Waals surface area contributed by atoms with Crippen molar-refractivity contribution in [3.8, 4) is 0 Å². The lowest BCUT2D eigenvalue weighted by Crippen LogP contribution is -2.37. The van der Waals surface area contributed by atoms with Crippen molar-refractivity contribution in [2.45, 2.75) is 36.9 Å². The van der Waals surface area contributed by atoms with Gasteiger partial charge in [0.15, 0.2) is 0 Å². The predicted molar refractivity (Wildman–Crippen MR) is 75.8 cm³/mol. The number of aliphatic hydroxyl groups excluding tert-OH is 1. The average molecular weight is 299 g/mol. The van der Waals surface area contributed by atoms with Crippen molar-refractivity contribution in [1.29, 1.82) is 0 Å². The molecule has 1 N–H and O–H groups in total. The summed E-state index contributed by atoms with van der Waals surface area (Å²) in [7, 11) is -2.03. The summed E-state index contributed by atoms with van der Waals surface area (Å²) in [5, 5.41) is 9.28. The molecule has 1 fully saturated rings. The van der Waals surface area contributed by atoms with Crippen LogP contribution in [0.15, 0.2) is 29.2 Å². The van der Waals surface area contributed by atoms with Gasteiger partial charge in [-0.3, -0.25) is 0 Å². The second kappa shape index (κ2) is 6.67. The van der Waals surface area contributed by atoms with Crippen LogP contribution in [-0.4, -0.2) is 44.1 Å². The largest absolute Gasteiger partial charge is 0.392 e. The second-order valence-electron chi connectivity index (χ2n) is 5.04. The zero-order valence-electron chi connectivity index (χ0n) is 11.7. The van der Waals surface area contributed by atoms with Gasteiger partial charge in [-0.2, -0.15) is 4.31 Å². The molecule has 1 saturated heterocycles. The molecule has 112 valence electrons. The molecule has 1 aromatic rings. The number of nitrogens with zero attached hydrogens (tertiary/aromatic N) is 1. The standard InChI is InChI=1S/C14H21NO4S/c1-15(10-13-7-4-5-9-19-13)20(17,18)14-8-3-2-6-12(14)11-16/h2-3,6,8,13,16H,4-5,7,9-11H2,1H3. The molecule has 1 unspecified atom stereocenters. The van der Waals surface area contributed by atoms with Crippen LogP contribution in [0.3, 0.4) is 0 Å². The first-order valence-electron chi connectivity index (χ1n) is 6.82. The topological polar surface area (TPSA) is 66.8 Å². The van der Waals surface area contributed by atoms with Crippen molar-refractivity contribution in [2.75, 3.05) is 20.2 Å². The molecule has 1 aliphatic heterocycles. The van der Waals surface area contributed by atoms with Crippen molar-refractivity contribution in [1.82, 2.24) is 4.31 Å². The molecule has 0 aromatic heterocycles. The third kappa shape index (κ3) is 3.38. The summed E-state index contributed by atoms with van der Waals surface area (Å²) in [6, 6.07) is 6.53. The van der Waals surface area contributed by atoms with Crippen molar-refractivity contribution in [3.63, 3.8) is 0 Å². The summed E-state index contributed by atoms with van der Waals surface area (Å²) in [5.74, 6) is 0. The maximum Gasteiger partial charge on any atom is 0.243 e. The Morgan fingerprint density at radius 2 is 2.10 bits per heavy atom. The summed E-state index contributed by atoms with van der Waals surface area (Å²) in [6.07, 6.45) is 2.97. The fourth-order valence-corrected chi connectivity index (χ4v) is 3.80. The zero-order valence-corrected chi connectivity index (χ0v) is 12.5. The van der Waals surface area contributed by atoms with Crippen LogP contribution < -0.4 is 0 Å². The summed E-state index contributed by atoms with van der Waals surface area (Å²) in [6.45, 7) is 0.761. The van der Waals surface area contributed by atoms with Crippen LogP contribution in [0.1, 0.15) is 24.8 Å². The summed E-state index contributed by atoms with van der Waals surface area (Å²) in [5.41, 5.74) is 0.420. The number of hydrogen-bond acceptors (Lipinski definition) is 4. The van der Waals surface area contributed by atoms with Gasteiger partial charge in [-0.05, 0) is 30.9 Å². The molecule has 6 heteroatoms. The minimum atomic E-state index is -3.59. The predicted octanol–water partition coefficient (Wildman–Crippen LogP) is 1.37. The zero-order chi connectivity index (χ0) is 14.6. The SMILES string of the molecule is CN(CC1CCCCO1)S(=O)(=O)c1ccccc1CO. The first kappa shape index (κ1) is 15.4. The van der Waals surface area contributed by atoms with E-state index in [-0.39, 0.29) is 17.6 Å². The van der Waals surface area contributed by atoms with Gasteiger partial charge in [0.1, 0.15) is 0 Å². The van der Waals surface area contributed by atoms with Crippen molar-refractivity contribution < 1.29 is 18.3 Å². The van der Waals surface area contributed by atoms with Crippen LogP contribution in [0, 0.1) is 0 Å². The van der Waals surface area contributed by atoms with Gasteiger partial charge in [0.2, 0.25) is 10.0 Å². The van der Waals surface area contributed by atoms with E-state index in [1.165, 1.54) is 10.4 Å². The number of aliphatic hydroxyl groups is 1. The maximum atomic E-state index is 12.5. The molecule has 1 heterocycles. The minimum Gasteiger partial charge on any atom is -0.392 e. The van der Waals surface area contributed by atoms with Crippen molar-refractivity contribution in [3.05, 3.63) is 29.8 Å². The van der Waals surface area contributed by atoms with Crippen LogP contribution in [0.2, 0.25) is 0 Å². The van der Waals surface area contributed by atoms with E-state index in [0.717, 1.165) is 19.3 Å². The molecule has 5 nitrogen and oxygen atoms in total. The first-order chi connectivity index (χ1) is 9.55. The number of benzene rings is 1. The van der Waals surface area contributed by atoms with Crippen LogP contribution in [0.4, 0.5) is 0 Å². The number of ether oxygens (including phenoxy) is 1. The Bertz CT molecular complexity index is 538. The molecule has 1 aromatic carbocycles. The van der Waals surface area contributed by atoms with E-state index in [2.05, 4.69) is 0 Å². The lowest BCUT2D eigenvalue weighted by Gasteiger charge is -2.27. The highest BCUT2D eigenvalue weighted by Crippen LogP contribution is 2.21. The van der Waals surface area contributed by atoms with Gasteiger partial charge in [-0.15, -0.1) is 0 Å². The molecule has 0 radical (unpaired) electrons. The number of hydrogen-bond donors (Lipinski definition) is 1. The molecule has 0 aliphatic carbocycles. The monoisotopic (exact) mass is 299 g/mol. The van der Waals surface area contributed by atoms with Gasteiger partial charge in [0, 0.05) is 20.2 Å². The van der Waals surface area contributed by atoms with Gasteiger partial charge in [0.05, 0.1) is 17.6 Å². The average Bonchev–Trinajstić information content (AvgIpc) is 2.48. The molecular formula is C14H21NO4S. The number of likely N-dealkylation sites (N-methyl/N-ethyl adjacent to an activating group) is 1. The Morgan fingerprint density at radius 3 is 2.75 bits per heavy atom. The highest BCUT2D eigenvalue weighted by Gasteiger charge is 2.26. The molecule has 1 atom stereocenters. The van der Waals surface area contributed by atoms with E-state index in [1.807, 2.05) is 0 Å². The Labute approximate surface area is 120 Å². The third-order valence-electron chi connectivity index (χ3n) is 3.57. The fourth-order valence-electron chi connectivity index (χ4n) is 2.39. The minimum absolute atomic E-state index is 0.0372. The van der Waals surface area contributed by atoms with Gasteiger partial charge < -0.3 is 9.84 Å². The Hall–Kier alpha value is -0.950. The van der Waals surface area contributed by atoms with E-state index in [4.69, 9.17) is 4.74 Å². The lowest BCUT2D eigenvalue weighted by molar-refractivity contribution is 0.00858. The lowest BCUT2D eigenvalue weighted by atomic mass is 10.1. The highest BCUT2D eigenvalue weighted by molar-refractivity contribution is 7.89. The Kier molecular flexibility index (Phi) is 5.15. The van der Waals surface area contributed by atoms with E-state index in [0.29, 0.717) is 18.7 Å². The highest BCUT2D eigenvalue weighted by atomic mass is 32.2. The normalized spacial score (nSPS) is 20.2. The molecule has 0 amide bonds. The summed E-state index contributed by atoms with van der Waals surface area (Å²) in [4.78, 5) is 0.167. The van der Waals surface area contributed by atoms with Gasteiger partial charge in [-0.25, -0.2) is 8.42 Å². The molecular weight excluding hydrogens is 278 g/mol. The quantitative estimate of drug-likeness (QED) is 0.891. The maximum absolute atomic E-state index is 12.5. The van der Waals surface area contributed by atoms with E-state index < -0.39 is 10.0 Å². The van der Waals surface area contributed by atoms with Crippen molar-refractivity contribution in [2.24, 2.45) is 0 Å². The van der Waals surface area contributed by atoms with E-state index >= 15 is 0 Å². The second-order valence-corrected chi connectivity index (χ2v) is 7.05. The van der Waals surface area contributed by atoms with E-state index in [9.17, 15) is 13.5 Å². The van der Waals surface area contributed by atoms with E-state index in [1.54, 1.807) is 25.2 Å². The molecule has 0 saturated carbocycles. The van der Waals surface area contributed by atoms with Crippen LogP contribution in [0.5, 0.6) is 0 Å². The summed E-state index contributed by atoms with van der Waals surface area (Å²) < 4.78 is 32.0. The molecule has 0 spiro atoms. The Morgan fingerprint density at radius 1 is 1.35 bits per heavy atom. The van der Waals surface area contributed by atoms with Crippen molar-refractivity contribution >= 4 is 10.0 Å². The molecule has 0 bridgehead atoms. The molecule has 1 aliphatic rings. The summed E-state index contributed by atoms with van der Waals surface area (Å²) >= 11 is 0. The van der Waals surface area contributed by atoms with Gasteiger partial charge in [0.25, 0.3) is 0 Å². The number of sulfonamides is 1. The number of rotatable bonds is 5. The smallest absolute Gasteiger partial charge is 0.243 e. The Balaban J connectivity index is 2.16. The van der Waals surface area contributed by atoms with Gasteiger partial charge >= 0.3 is 0 Å². The molecule has 20 heavy (non-hydrogen) atoms. The molecule has 2 rings (SSSR count). The first-order valence-corrected chi connectivity index (χ1v) is 8.26. The fraction of sp³-hybridized carbons (Fsp3) is 0.571. The third-order valence-corrected chi connectivity index (χ3v) is 5.49.